The van der Waals surface area contributed by atoms with Crippen molar-refractivity contribution in [1.29, 1.82) is 0 Å². The number of aryl methyl sites for hydroxylation is 1. The van der Waals surface area contributed by atoms with Gasteiger partial charge in [0.05, 0.1) is 5.52 Å². The Morgan fingerprint density at radius 3 is 2.74 bits per heavy atom. The molecule has 1 fully saturated rings. The average molecular weight is 408 g/mol. The van der Waals surface area contributed by atoms with E-state index in [0.717, 1.165) is 47.2 Å². The fourth-order valence-electron chi connectivity index (χ4n) is 4.56. The van der Waals surface area contributed by atoms with Crippen LogP contribution < -0.4 is 0 Å². The molecule has 1 aliphatic heterocycles. The molecule has 1 atom stereocenters. The van der Waals surface area contributed by atoms with E-state index < -0.39 is 0 Å². The van der Waals surface area contributed by atoms with E-state index in [9.17, 15) is 4.79 Å². The normalized spacial score (nSPS) is 16.0. The highest BCUT2D eigenvalue weighted by Gasteiger charge is 2.29. The Morgan fingerprint density at radius 2 is 1.87 bits per heavy atom. The summed E-state index contributed by atoms with van der Waals surface area (Å²) in [6, 6.07) is 24.5. The van der Waals surface area contributed by atoms with Crippen molar-refractivity contribution in [1.82, 2.24) is 14.9 Å². The van der Waals surface area contributed by atoms with E-state index in [-0.39, 0.29) is 11.8 Å². The predicted octanol–water partition coefficient (Wildman–Crippen LogP) is 5.16. The van der Waals surface area contributed by atoms with Crippen molar-refractivity contribution in [2.45, 2.75) is 25.7 Å². The van der Waals surface area contributed by atoms with Crippen LogP contribution in [0.4, 0.5) is 0 Å². The third kappa shape index (κ3) is 4.06. The number of amides is 1. The number of nitrogens with zero attached hydrogens (tertiary/aromatic N) is 3. The van der Waals surface area contributed by atoms with Gasteiger partial charge in [-0.3, -0.25) is 14.8 Å². The quantitative estimate of drug-likeness (QED) is 0.469. The summed E-state index contributed by atoms with van der Waals surface area (Å²) in [5, 5.41) is 0.914. The fourth-order valence-corrected chi connectivity index (χ4v) is 4.56. The molecule has 0 saturated carbocycles. The highest BCUT2D eigenvalue weighted by Crippen LogP contribution is 2.29. The van der Waals surface area contributed by atoms with Gasteiger partial charge in [0.1, 0.15) is 0 Å². The van der Waals surface area contributed by atoms with Crippen LogP contribution in [0.2, 0.25) is 0 Å². The van der Waals surface area contributed by atoms with E-state index in [0.29, 0.717) is 6.54 Å². The van der Waals surface area contributed by atoms with E-state index in [2.05, 4.69) is 48.3 Å². The molecule has 154 valence electrons. The number of rotatable bonds is 4. The van der Waals surface area contributed by atoms with Crippen LogP contribution in [0.3, 0.4) is 0 Å². The fraction of sp³-hybridized carbons (Fsp3) is 0.222. The molecule has 3 heterocycles. The number of likely N-dealkylation sites (tertiary alicyclic amines) is 1. The van der Waals surface area contributed by atoms with Crippen LogP contribution in [0.25, 0.3) is 10.9 Å². The maximum Gasteiger partial charge on any atom is 0.254 e. The first-order valence-corrected chi connectivity index (χ1v) is 10.8. The van der Waals surface area contributed by atoms with Gasteiger partial charge in [-0.05, 0) is 61.2 Å². The second-order valence-electron chi connectivity index (χ2n) is 8.32. The number of aromatic nitrogens is 2. The van der Waals surface area contributed by atoms with Gasteiger partial charge in [0, 0.05) is 47.5 Å². The maximum atomic E-state index is 13.3. The first-order chi connectivity index (χ1) is 15.2. The van der Waals surface area contributed by atoms with Gasteiger partial charge < -0.3 is 4.90 Å². The van der Waals surface area contributed by atoms with Crippen LogP contribution in [0.15, 0.2) is 79.0 Å². The molecule has 0 radical (unpaired) electrons. The summed E-state index contributed by atoms with van der Waals surface area (Å²) in [6.45, 7) is 3.51. The molecule has 4 nitrogen and oxygen atoms in total. The number of pyridine rings is 2. The van der Waals surface area contributed by atoms with Crippen molar-refractivity contribution < 1.29 is 4.79 Å². The molecule has 0 aliphatic carbocycles. The van der Waals surface area contributed by atoms with Crippen molar-refractivity contribution in [3.63, 3.8) is 0 Å². The number of benzene rings is 2. The number of hydrogen-bond donors (Lipinski definition) is 0. The van der Waals surface area contributed by atoms with Gasteiger partial charge in [-0.1, -0.05) is 42.5 Å². The molecule has 2 aromatic heterocycles. The number of carbonyl (C=O) groups excluding carboxylic acids is 1. The zero-order valence-electron chi connectivity index (χ0n) is 17.7. The topological polar surface area (TPSA) is 46.1 Å². The van der Waals surface area contributed by atoms with Gasteiger partial charge >= 0.3 is 0 Å². The molecule has 0 unspecified atom stereocenters. The molecule has 1 saturated heterocycles. The summed E-state index contributed by atoms with van der Waals surface area (Å²) in [6.07, 6.45) is 3.60. The Labute approximate surface area is 182 Å². The Balaban J connectivity index is 1.36. The molecule has 5 rings (SSSR count). The molecule has 0 bridgehead atoms. The zero-order valence-corrected chi connectivity index (χ0v) is 17.7. The zero-order chi connectivity index (χ0) is 21.2. The van der Waals surface area contributed by atoms with Crippen molar-refractivity contribution in [3.05, 3.63) is 107 Å². The second-order valence-corrected chi connectivity index (χ2v) is 8.32. The molecule has 4 heteroatoms. The van der Waals surface area contributed by atoms with E-state index >= 15 is 0 Å². The summed E-state index contributed by atoms with van der Waals surface area (Å²) < 4.78 is 0. The van der Waals surface area contributed by atoms with Gasteiger partial charge in [0.2, 0.25) is 0 Å². The van der Waals surface area contributed by atoms with E-state index in [1.165, 1.54) is 11.1 Å². The molecule has 1 aliphatic rings. The lowest BCUT2D eigenvalue weighted by molar-refractivity contribution is 0.0792. The average Bonchev–Trinajstić information content (AvgIpc) is 3.29. The lowest BCUT2D eigenvalue weighted by Crippen LogP contribution is -2.28. The van der Waals surface area contributed by atoms with Crippen LogP contribution >= 0.6 is 0 Å². The van der Waals surface area contributed by atoms with E-state index in [1.807, 2.05) is 41.3 Å². The maximum absolute atomic E-state index is 13.3. The third-order valence-electron chi connectivity index (χ3n) is 6.05. The first-order valence-electron chi connectivity index (χ1n) is 10.8. The van der Waals surface area contributed by atoms with Gasteiger partial charge in [-0.15, -0.1) is 0 Å². The molecule has 0 N–H and O–H groups in total. The van der Waals surface area contributed by atoms with Gasteiger partial charge in [0.15, 0.2) is 0 Å². The summed E-state index contributed by atoms with van der Waals surface area (Å²) in [5.74, 6) is 0.352. The number of carbonyl (C=O) groups is 1. The smallest absolute Gasteiger partial charge is 0.254 e. The molecule has 1 amide bonds. The summed E-state index contributed by atoms with van der Waals surface area (Å²) in [5.41, 5.74) is 6.29. The first kappa shape index (κ1) is 19.4. The van der Waals surface area contributed by atoms with Crippen molar-refractivity contribution in [2.75, 3.05) is 13.1 Å². The number of fused-ring (bicyclic) bond motifs is 1. The lowest BCUT2D eigenvalue weighted by Gasteiger charge is -2.18. The summed E-state index contributed by atoms with van der Waals surface area (Å²) in [7, 11) is 0. The Kier molecular flexibility index (Phi) is 5.21. The van der Waals surface area contributed by atoms with Crippen LogP contribution in [0, 0.1) is 6.92 Å². The van der Waals surface area contributed by atoms with Crippen molar-refractivity contribution >= 4 is 16.8 Å². The molecule has 31 heavy (non-hydrogen) atoms. The SMILES string of the molecule is Cc1cc(Cc2ccccc2)cc([C@@H]2CCN(C(=O)c3cccc4ncccc34)C2)n1. The summed E-state index contributed by atoms with van der Waals surface area (Å²) >= 11 is 0. The lowest BCUT2D eigenvalue weighted by atomic mass is 9.98. The van der Waals surface area contributed by atoms with Gasteiger partial charge in [-0.2, -0.15) is 0 Å². The molecular formula is C27H25N3O. The van der Waals surface area contributed by atoms with Crippen LogP contribution in [-0.2, 0) is 6.42 Å². The minimum Gasteiger partial charge on any atom is -0.338 e. The second kappa shape index (κ2) is 8.31. The molecular weight excluding hydrogens is 382 g/mol. The van der Waals surface area contributed by atoms with Crippen molar-refractivity contribution in [2.24, 2.45) is 0 Å². The molecule has 4 aromatic rings. The minimum absolute atomic E-state index is 0.0817. The Bertz CT molecular complexity index is 1230. The third-order valence-corrected chi connectivity index (χ3v) is 6.05. The van der Waals surface area contributed by atoms with E-state index in [4.69, 9.17) is 4.98 Å². The molecule has 0 spiro atoms. The monoisotopic (exact) mass is 407 g/mol. The van der Waals surface area contributed by atoms with Gasteiger partial charge in [-0.25, -0.2) is 0 Å². The predicted molar refractivity (Wildman–Crippen MR) is 123 cm³/mol. The largest absolute Gasteiger partial charge is 0.338 e. The standard InChI is InChI=1S/C27H25N3O/c1-19-15-21(16-20-7-3-2-4-8-20)17-26(29-19)22-12-14-30(18-22)27(31)24-9-5-11-25-23(24)10-6-13-28-25/h2-11,13,15,17,22H,12,14,16,18H2,1H3/t22-/m1/s1. The Hall–Kier alpha value is -3.53. The highest BCUT2D eigenvalue weighted by atomic mass is 16.2. The van der Waals surface area contributed by atoms with Gasteiger partial charge in [0.25, 0.3) is 5.91 Å². The Morgan fingerprint density at radius 1 is 1.00 bits per heavy atom. The number of hydrogen-bond acceptors (Lipinski definition) is 3. The summed E-state index contributed by atoms with van der Waals surface area (Å²) in [4.78, 5) is 24.5. The van der Waals surface area contributed by atoms with Crippen LogP contribution in [-0.4, -0.2) is 33.9 Å². The van der Waals surface area contributed by atoms with E-state index in [1.54, 1.807) is 6.20 Å². The van der Waals surface area contributed by atoms with Crippen LogP contribution in [0.5, 0.6) is 0 Å². The molecule has 2 aromatic carbocycles. The minimum atomic E-state index is 0.0817. The van der Waals surface area contributed by atoms with Crippen LogP contribution in [0.1, 0.15) is 45.2 Å². The van der Waals surface area contributed by atoms with Crippen molar-refractivity contribution in [3.8, 4) is 0 Å². The highest BCUT2D eigenvalue weighted by molar-refractivity contribution is 6.06.